The van der Waals surface area contributed by atoms with Gasteiger partial charge in [0.15, 0.2) is 0 Å². The highest BCUT2D eigenvalue weighted by Gasteiger charge is 2.17. The molecule has 3 aromatic rings. The predicted octanol–water partition coefficient (Wildman–Crippen LogP) is 2.46. The number of fused-ring (bicyclic) bond motifs is 1. The Labute approximate surface area is 151 Å². The number of benzene rings is 2. The number of pyridine rings is 1. The maximum Gasteiger partial charge on any atom is 0.244 e. The van der Waals surface area contributed by atoms with Crippen molar-refractivity contribution in [3.05, 3.63) is 84.1 Å². The monoisotopic (exact) mass is 345 g/mol. The first-order valence-corrected chi connectivity index (χ1v) is 8.29. The van der Waals surface area contributed by atoms with Crippen molar-refractivity contribution in [2.24, 2.45) is 5.73 Å². The summed E-state index contributed by atoms with van der Waals surface area (Å²) in [4.78, 5) is 28.2. The highest BCUT2D eigenvalue weighted by Crippen LogP contribution is 2.17. The topological polar surface area (TPSA) is 85.1 Å². The van der Waals surface area contributed by atoms with Crippen LogP contribution in [0.2, 0.25) is 0 Å². The van der Waals surface area contributed by atoms with Crippen LogP contribution in [0.1, 0.15) is 11.1 Å². The number of rotatable bonds is 6. The molecule has 0 aliphatic carbocycles. The number of carbonyl (C=O) groups excluding carboxylic acids is 2. The van der Waals surface area contributed by atoms with Gasteiger partial charge in [0.2, 0.25) is 11.8 Å². The summed E-state index contributed by atoms with van der Waals surface area (Å²) in [5.41, 5.74) is 8.09. The summed E-state index contributed by atoms with van der Waals surface area (Å²) in [6, 6.07) is 18.2. The Morgan fingerprint density at radius 3 is 2.54 bits per heavy atom. The van der Waals surface area contributed by atoms with E-state index in [0.717, 1.165) is 22.0 Å². The van der Waals surface area contributed by atoms with Crippen molar-refractivity contribution in [2.75, 3.05) is 0 Å². The van der Waals surface area contributed by atoms with Gasteiger partial charge in [-0.15, -0.1) is 0 Å². The lowest BCUT2D eigenvalue weighted by Gasteiger charge is -2.14. The first-order chi connectivity index (χ1) is 12.6. The van der Waals surface area contributed by atoms with Gasteiger partial charge in [-0.05, 0) is 29.3 Å². The maximum absolute atomic E-state index is 12.2. The average molecular weight is 345 g/mol. The van der Waals surface area contributed by atoms with Crippen molar-refractivity contribution >= 4 is 28.8 Å². The molecule has 3 rings (SSSR count). The summed E-state index contributed by atoms with van der Waals surface area (Å²) >= 11 is 0. The van der Waals surface area contributed by atoms with E-state index in [1.807, 2.05) is 60.7 Å². The normalized spacial score (nSPS) is 12.2. The van der Waals surface area contributed by atoms with Crippen LogP contribution >= 0.6 is 0 Å². The molecule has 0 saturated heterocycles. The molecule has 130 valence electrons. The SMILES string of the molecule is NC(=O)[C@@H](Cc1ccccc1)NC(=O)/C=C/c1ccnc2ccccc12. The Balaban J connectivity index is 1.72. The van der Waals surface area contributed by atoms with Crippen molar-refractivity contribution in [3.8, 4) is 0 Å². The van der Waals surface area contributed by atoms with Crippen LogP contribution in [0.3, 0.4) is 0 Å². The molecule has 0 unspecified atom stereocenters. The zero-order chi connectivity index (χ0) is 18.4. The minimum Gasteiger partial charge on any atom is -0.368 e. The molecular formula is C21H19N3O2. The second-order valence-corrected chi connectivity index (χ2v) is 5.90. The van der Waals surface area contributed by atoms with Crippen LogP contribution in [-0.4, -0.2) is 22.8 Å². The smallest absolute Gasteiger partial charge is 0.244 e. The minimum atomic E-state index is -0.760. The van der Waals surface area contributed by atoms with E-state index in [1.54, 1.807) is 12.3 Å². The number of aromatic nitrogens is 1. The molecule has 5 nitrogen and oxygen atoms in total. The van der Waals surface area contributed by atoms with Gasteiger partial charge in [0.05, 0.1) is 5.52 Å². The van der Waals surface area contributed by atoms with Gasteiger partial charge in [0.1, 0.15) is 6.04 Å². The number of amides is 2. The molecule has 0 fully saturated rings. The van der Waals surface area contributed by atoms with Gasteiger partial charge in [0.25, 0.3) is 0 Å². The first-order valence-electron chi connectivity index (χ1n) is 8.29. The lowest BCUT2D eigenvalue weighted by Crippen LogP contribution is -2.45. The number of hydrogen-bond donors (Lipinski definition) is 2. The van der Waals surface area contributed by atoms with E-state index in [9.17, 15) is 9.59 Å². The lowest BCUT2D eigenvalue weighted by molar-refractivity contribution is -0.124. The number of primary amides is 1. The van der Waals surface area contributed by atoms with Crippen molar-refractivity contribution in [2.45, 2.75) is 12.5 Å². The van der Waals surface area contributed by atoms with Crippen molar-refractivity contribution < 1.29 is 9.59 Å². The minimum absolute atomic E-state index is 0.355. The average Bonchev–Trinajstić information content (AvgIpc) is 2.66. The molecule has 3 N–H and O–H groups in total. The molecule has 2 aromatic carbocycles. The summed E-state index contributed by atoms with van der Waals surface area (Å²) in [5, 5.41) is 3.62. The fraction of sp³-hybridized carbons (Fsp3) is 0.0952. The van der Waals surface area contributed by atoms with Gasteiger partial charge < -0.3 is 11.1 Å². The van der Waals surface area contributed by atoms with E-state index < -0.39 is 11.9 Å². The van der Waals surface area contributed by atoms with Crippen LogP contribution in [0, 0.1) is 0 Å². The molecule has 0 aliphatic rings. The molecule has 0 aliphatic heterocycles. The molecule has 1 aromatic heterocycles. The van der Waals surface area contributed by atoms with Gasteiger partial charge in [-0.25, -0.2) is 0 Å². The first kappa shape index (κ1) is 17.4. The Kier molecular flexibility index (Phi) is 5.39. The predicted molar refractivity (Wildman–Crippen MR) is 102 cm³/mol. The Hall–Kier alpha value is -3.47. The lowest BCUT2D eigenvalue weighted by atomic mass is 10.1. The molecule has 0 spiro atoms. The van der Waals surface area contributed by atoms with Crippen molar-refractivity contribution in [3.63, 3.8) is 0 Å². The Morgan fingerprint density at radius 1 is 1.04 bits per heavy atom. The molecule has 0 saturated carbocycles. The highest BCUT2D eigenvalue weighted by molar-refractivity contribution is 5.97. The van der Waals surface area contributed by atoms with Crippen LogP contribution in [0.25, 0.3) is 17.0 Å². The largest absolute Gasteiger partial charge is 0.368 e. The quantitative estimate of drug-likeness (QED) is 0.673. The molecular weight excluding hydrogens is 326 g/mol. The molecule has 1 atom stereocenters. The Bertz CT molecular complexity index is 946. The number of nitrogens with two attached hydrogens (primary N) is 1. The van der Waals surface area contributed by atoms with Gasteiger partial charge in [-0.1, -0.05) is 48.5 Å². The third-order valence-corrected chi connectivity index (χ3v) is 4.04. The second-order valence-electron chi connectivity index (χ2n) is 5.90. The highest BCUT2D eigenvalue weighted by atomic mass is 16.2. The molecule has 26 heavy (non-hydrogen) atoms. The van der Waals surface area contributed by atoms with E-state index in [2.05, 4.69) is 10.3 Å². The standard InChI is InChI=1S/C21H19N3O2/c22-21(26)19(14-15-6-2-1-3-7-15)24-20(25)11-10-16-12-13-23-18-9-5-4-8-17(16)18/h1-13,19H,14H2,(H2,22,26)(H,24,25)/b11-10+/t19-/m1/s1. The van der Waals surface area contributed by atoms with Crippen LogP contribution in [0.4, 0.5) is 0 Å². The van der Waals surface area contributed by atoms with Crippen LogP contribution < -0.4 is 11.1 Å². The number of hydrogen-bond acceptors (Lipinski definition) is 3. The van der Waals surface area contributed by atoms with E-state index in [0.29, 0.717) is 6.42 Å². The number of para-hydroxylation sites is 1. The van der Waals surface area contributed by atoms with Gasteiger partial charge in [0, 0.05) is 24.1 Å². The summed E-state index contributed by atoms with van der Waals surface area (Å²) < 4.78 is 0. The summed E-state index contributed by atoms with van der Waals surface area (Å²) in [6.45, 7) is 0. The van der Waals surface area contributed by atoms with Crippen LogP contribution in [0.5, 0.6) is 0 Å². The second kappa shape index (κ2) is 8.07. The maximum atomic E-state index is 12.2. The fourth-order valence-electron chi connectivity index (χ4n) is 2.72. The summed E-state index contributed by atoms with van der Waals surface area (Å²) in [6.07, 6.45) is 5.16. The Morgan fingerprint density at radius 2 is 1.77 bits per heavy atom. The molecule has 5 heteroatoms. The fourth-order valence-corrected chi connectivity index (χ4v) is 2.72. The molecule has 1 heterocycles. The van der Waals surface area contributed by atoms with E-state index in [4.69, 9.17) is 5.73 Å². The van der Waals surface area contributed by atoms with Gasteiger partial charge in [-0.3, -0.25) is 14.6 Å². The van der Waals surface area contributed by atoms with Crippen molar-refractivity contribution in [1.82, 2.24) is 10.3 Å². The van der Waals surface area contributed by atoms with Gasteiger partial charge in [-0.2, -0.15) is 0 Å². The zero-order valence-corrected chi connectivity index (χ0v) is 14.1. The van der Waals surface area contributed by atoms with Crippen LogP contribution in [-0.2, 0) is 16.0 Å². The van der Waals surface area contributed by atoms with E-state index in [1.165, 1.54) is 6.08 Å². The molecule has 2 amide bonds. The zero-order valence-electron chi connectivity index (χ0n) is 14.1. The summed E-state index contributed by atoms with van der Waals surface area (Å²) in [5.74, 6) is -0.935. The summed E-state index contributed by atoms with van der Waals surface area (Å²) in [7, 11) is 0. The van der Waals surface area contributed by atoms with E-state index in [-0.39, 0.29) is 5.91 Å². The third kappa shape index (κ3) is 4.33. The number of carbonyl (C=O) groups is 2. The van der Waals surface area contributed by atoms with Crippen LogP contribution in [0.15, 0.2) is 72.9 Å². The molecule has 0 bridgehead atoms. The van der Waals surface area contributed by atoms with E-state index >= 15 is 0 Å². The number of nitrogens with zero attached hydrogens (tertiary/aromatic N) is 1. The number of nitrogens with one attached hydrogen (secondary N) is 1. The third-order valence-electron chi connectivity index (χ3n) is 4.04. The van der Waals surface area contributed by atoms with Gasteiger partial charge >= 0.3 is 0 Å². The van der Waals surface area contributed by atoms with Crippen molar-refractivity contribution in [1.29, 1.82) is 0 Å². The molecule has 0 radical (unpaired) electrons.